The van der Waals surface area contributed by atoms with Gasteiger partial charge in [-0.15, -0.1) is 10.2 Å². The van der Waals surface area contributed by atoms with Crippen LogP contribution in [0.4, 0.5) is 5.13 Å². The Morgan fingerprint density at radius 2 is 2.10 bits per heavy atom. The van der Waals surface area contributed by atoms with Crippen molar-refractivity contribution in [2.24, 2.45) is 5.73 Å². The highest BCUT2D eigenvalue weighted by molar-refractivity contribution is 8.00. The molecule has 0 aliphatic heterocycles. The van der Waals surface area contributed by atoms with E-state index in [0.717, 1.165) is 10.2 Å². The van der Waals surface area contributed by atoms with Crippen molar-refractivity contribution in [3.63, 3.8) is 0 Å². The van der Waals surface area contributed by atoms with Crippen LogP contribution in [0.15, 0.2) is 52.2 Å². The van der Waals surface area contributed by atoms with Crippen LogP contribution in [-0.2, 0) is 22.6 Å². The lowest BCUT2D eigenvalue weighted by molar-refractivity contribution is -0.118. The van der Waals surface area contributed by atoms with Gasteiger partial charge in [0.1, 0.15) is 11.6 Å². The molecule has 1 atom stereocenters. The van der Waals surface area contributed by atoms with Gasteiger partial charge in [-0.25, -0.2) is 4.98 Å². The van der Waals surface area contributed by atoms with Crippen LogP contribution in [0.1, 0.15) is 24.9 Å². The Hall–Kier alpha value is -3.18. The summed E-state index contributed by atoms with van der Waals surface area (Å²) in [5, 5.41) is 12.0. The number of hydrogen-bond donors (Lipinski definition) is 2. The molecule has 3 aromatic heterocycles. The summed E-state index contributed by atoms with van der Waals surface area (Å²) in [6.07, 6.45) is 2.11. The monoisotopic (exact) mass is 456 g/mol. The number of nitrogens with zero attached hydrogens (tertiary/aromatic N) is 4. The Morgan fingerprint density at radius 3 is 2.84 bits per heavy atom. The predicted molar refractivity (Wildman–Crippen MR) is 119 cm³/mol. The zero-order chi connectivity index (χ0) is 21.8. The summed E-state index contributed by atoms with van der Waals surface area (Å²) >= 11 is 2.70. The molecule has 0 radical (unpaired) electrons. The number of benzene rings is 1. The number of carbonyl (C=O) groups excluding carboxylic acids is 2. The molecule has 4 rings (SSSR count). The van der Waals surface area contributed by atoms with E-state index in [9.17, 15) is 9.59 Å². The summed E-state index contributed by atoms with van der Waals surface area (Å²) < 4.78 is 8.29. The number of para-hydroxylation sites is 1. The lowest BCUT2D eigenvalue weighted by atomic mass is 10.3. The van der Waals surface area contributed by atoms with Crippen LogP contribution >= 0.6 is 23.1 Å². The quantitative estimate of drug-likeness (QED) is 0.370. The number of furan rings is 1. The maximum Gasteiger partial charge on any atom is 0.239 e. The smallest absolute Gasteiger partial charge is 0.239 e. The number of anilines is 1. The minimum absolute atomic E-state index is 0.161. The van der Waals surface area contributed by atoms with Crippen molar-refractivity contribution in [1.29, 1.82) is 0 Å². The maximum absolute atomic E-state index is 12.7. The molecular formula is C20H20N6O3S2. The van der Waals surface area contributed by atoms with Gasteiger partial charge in [0.25, 0.3) is 0 Å². The zero-order valence-electron chi connectivity index (χ0n) is 16.6. The minimum Gasteiger partial charge on any atom is -0.467 e. The third-order valence-corrected chi connectivity index (χ3v) is 6.49. The molecule has 0 saturated carbocycles. The molecule has 0 spiro atoms. The van der Waals surface area contributed by atoms with Crippen molar-refractivity contribution in [3.05, 3.63) is 54.2 Å². The third-order valence-electron chi connectivity index (χ3n) is 4.46. The summed E-state index contributed by atoms with van der Waals surface area (Å²) in [5.74, 6) is 0.727. The lowest BCUT2D eigenvalue weighted by Gasteiger charge is -2.12. The summed E-state index contributed by atoms with van der Waals surface area (Å²) in [4.78, 5) is 28.4. The molecule has 4 aromatic rings. The minimum atomic E-state index is -0.449. The van der Waals surface area contributed by atoms with E-state index in [0.29, 0.717) is 34.8 Å². The third kappa shape index (κ3) is 5.12. The standard InChI is InChI=1S/C20H20N6O3S2/c1-12(18(28)23-19-22-14-6-2-3-7-15(14)31-19)30-20-25-24-17(9-8-16(21)27)26(20)11-13-5-4-10-29-13/h2-7,10,12H,8-9,11H2,1H3,(H2,21,27)(H,22,23,28). The highest BCUT2D eigenvalue weighted by atomic mass is 32.2. The first kappa shape index (κ1) is 21.1. The normalized spacial score (nSPS) is 12.2. The Kier molecular flexibility index (Phi) is 6.33. The van der Waals surface area contributed by atoms with Crippen LogP contribution < -0.4 is 11.1 Å². The Balaban J connectivity index is 1.48. The molecule has 1 aromatic carbocycles. The van der Waals surface area contributed by atoms with Gasteiger partial charge in [0.15, 0.2) is 10.3 Å². The summed E-state index contributed by atoms with van der Waals surface area (Å²) in [5.41, 5.74) is 6.12. The highest BCUT2D eigenvalue weighted by Crippen LogP contribution is 2.28. The molecule has 0 bridgehead atoms. The van der Waals surface area contributed by atoms with Gasteiger partial charge in [0.05, 0.1) is 28.3 Å². The number of fused-ring (bicyclic) bond motifs is 1. The molecule has 0 aliphatic rings. The molecule has 11 heteroatoms. The van der Waals surface area contributed by atoms with Gasteiger partial charge in [0.2, 0.25) is 11.8 Å². The van der Waals surface area contributed by atoms with Crippen molar-refractivity contribution in [2.45, 2.75) is 36.7 Å². The number of thiazole rings is 1. The van der Waals surface area contributed by atoms with Crippen LogP contribution in [0, 0.1) is 0 Å². The van der Waals surface area contributed by atoms with Crippen LogP contribution in [-0.4, -0.2) is 36.8 Å². The Bertz CT molecular complexity index is 1170. The number of carbonyl (C=O) groups is 2. The molecule has 1 unspecified atom stereocenters. The predicted octanol–water partition coefficient (Wildman–Crippen LogP) is 3.07. The van der Waals surface area contributed by atoms with Crippen molar-refractivity contribution in [2.75, 3.05) is 5.32 Å². The van der Waals surface area contributed by atoms with Crippen molar-refractivity contribution in [1.82, 2.24) is 19.7 Å². The second-order valence-electron chi connectivity index (χ2n) is 6.77. The number of thioether (sulfide) groups is 1. The van der Waals surface area contributed by atoms with E-state index in [1.807, 2.05) is 34.9 Å². The molecule has 3 N–H and O–H groups in total. The fourth-order valence-corrected chi connectivity index (χ4v) is 4.62. The van der Waals surface area contributed by atoms with Gasteiger partial charge in [0, 0.05) is 12.8 Å². The SMILES string of the molecule is CC(Sc1nnc(CCC(N)=O)n1Cc1ccco1)C(=O)Nc1nc2ccccc2s1. The molecule has 0 saturated heterocycles. The summed E-state index contributed by atoms with van der Waals surface area (Å²) in [6, 6.07) is 11.4. The largest absolute Gasteiger partial charge is 0.467 e. The van der Waals surface area contributed by atoms with E-state index in [2.05, 4.69) is 20.5 Å². The van der Waals surface area contributed by atoms with Crippen LogP contribution in [0.2, 0.25) is 0 Å². The van der Waals surface area contributed by atoms with E-state index in [1.54, 1.807) is 19.3 Å². The van der Waals surface area contributed by atoms with Gasteiger partial charge < -0.3 is 15.5 Å². The Labute approximate surface area is 186 Å². The fraction of sp³-hybridized carbons (Fsp3) is 0.250. The molecule has 2 amide bonds. The number of nitrogens with one attached hydrogen (secondary N) is 1. The van der Waals surface area contributed by atoms with E-state index < -0.39 is 11.2 Å². The number of nitrogens with two attached hydrogens (primary N) is 1. The molecule has 0 fully saturated rings. The molecular weight excluding hydrogens is 436 g/mol. The number of aromatic nitrogens is 4. The van der Waals surface area contributed by atoms with E-state index in [-0.39, 0.29) is 12.3 Å². The van der Waals surface area contributed by atoms with Crippen LogP contribution in [0.25, 0.3) is 10.2 Å². The van der Waals surface area contributed by atoms with Crippen molar-refractivity contribution < 1.29 is 14.0 Å². The number of hydrogen-bond acceptors (Lipinski definition) is 8. The first-order chi connectivity index (χ1) is 15.0. The second kappa shape index (κ2) is 9.31. The summed E-state index contributed by atoms with van der Waals surface area (Å²) in [7, 11) is 0. The fourth-order valence-electron chi connectivity index (χ4n) is 2.89. The van der Waals surface area contributed by atoms with Crippen molar-refractivity contribution >= 4 is 50.3 Å². The highest BCUT2D eigenvalue weighted by Gasteiger charge is 2.22. The summed E-state index contributed by atoms with van der Waals surface area (Å²) in [6.45, 7) is 2.19. The topological polar surface area (TPSA) is 129 Å². The number of amides is 2. The van der Waals surface area contributed by atoms with Gasteiger partial charge >= 0.3 is 0 Å². The average Bonchev–Trinajstić information content (AvgIpc) is 3.47. The van der Waals surface area contributed by atoms with Gasteiger partial charge in [-0.1, -0.05) is 35.2 Å². The van der Waals surface area contributed by atoms with E-state index >= 15 is 0 Å². The number of primary amides is 1. The zero-order valence-corrected chi connectivity index (χ0v) is 18.3. The first-order valence-electron chi connectivity index (χ1n) is 9.55. The molecule has 31 heavy (non-hydrogen) atoms. The number of aryl methyl sites for hydroxylation is 1. The van der Waals surface area contributed by atoms with E-state index in [1.165, 1.54) is 23.1 Å². The average molecular weight is 457 g/mol. The molecule has 0 aliphatic carbocycles. The molecule has 3 heterocycles. The number of rotatable bonds is 9. The van der Waals surface area contributed by atoms with Gasteiger partial charge in [-0.3, -0.25) is 14.2 Å². The lowest BCUT2D eigenvalue weighted by Crippen LogP contribution is -2.23. The Morgan fingerprint density at radius 1 is 1.26 bits per heavy atom. The van der Waals surface area contributed by atoms with E-state index in [4.69, 9.17) is 10.2 Å². The van der Waals surface area contributed by atoms with Crippen LogP contribution in [0.5, 0.6) is 0 Å². The molecule has 9 nitrogen and oxygen atoms in total. The van der Waals surface area contributed by atoms with Crippen molar-refractivity contribution in [3.8, 4) is 0 Å². The van der Waals surface area contributed by atoms with Gasteiger partial charge in [-0.05, 0) is 31.2 Å². The maximum atomic E-state index is 12.7. The first-order valence-corrected chi connectivity index (χ1v) is 11.2. The van der Waals surface area contributed by atoms with Gasteiger partial charge in [-0.2, -0.15) is 0 Å². The second-order valence-corrected chi connectivity index (χ2v) is 9.11. The van der Waals surface area contributed by atoms with Crippen LogP contribution in [0.3, 0.4) is 0 Å². The molecule has 160 valence electrons.